The number of anilines is 1. The largest absolute Gasteiger partial charge is 0.497 e. The number of carbonyl (C=O) groups excluding carboxylic acids is 2. The highest BCUT2D eigenvalue weighted by molar-refractivity contribution is 7.92. The van der Waals surface area contributed by atoms with Gasteiger partial charge in [0.05, 0.1) is 29.1 Å². The van der Waals surface area contributed by atoms with Crippen molar-refractivity contribution in [3.05, 3.63) is 94.0 Å². The summed E-state index contributed by atoms with van der Waals surface area (Å²) in [5.74, 6) is -0.288. The van der Waals surface area contributed by atoms with E-state index in [1.165, 1.54) is 18.1 Å². The molecule has 0 aliphatic rings. The first-order chi connectivity index (χ1) is 19.4. The molecule has 0 saturated carbocycles. The average Bonchev–Trinajstić information content (AvgIpc) is 2.94. The fraction of sp³-hybridized carbons (Fsp3) is 0.333. The topological polar surface area (TPSA) is 96.0 Å². The second-order valence-corrected chi connectivity index (χ2v) is 12.8. The van der Waals surface area contributed by atoms with Gasteiger partial charge in [0.15, 0.2) is 0 Å². The number of rotatable bonds is 13. The Kier molecular flexibility index (Phi) is 11.5. The van der Waals surface area contributed by atoms with E-state index in [2.05, 4.69) is 5.32 Å². The van der Waals surface area contributed by atoms with Crippen LogP contribution in [0.15, 0.2) is 72.8 Å². The molecule has 0 fully saturated rings. The number of hydrogen-bond acceptors (Lipinski definition) is 5. The lowest BCUT2D eigenvalue weighted by atomic mass is 10.0. The third kappa shape index (κ3) is 9.38. The van der Waals surface area contributed by atoms with Gasteiger partial charge in [0.25, 0.3) is 0 Å². The van der Waals surface area contributed by atoms with Crippen LogP contribution >= 0.6 is 23.2 Å². The van der Waals surface area contributed by atoms with Crippen LogP contribution < -0.4 is 14.4 Å². The van der Waals surface area contributed by atoms with E-state index in [4.69, 9.17) is 27.9 Å². The lowest BCUT2D eigenvalue weighted by Crippen LogP contribution is -2.53. The molecule has 11 heteroatoms. The predicted octanol–water partition coefficient (Wildman–Crippen LogP) is 5.18. The number of amides is 2. The van der Waals surface area contributed by atoms with Crippen molar-refractivity contribution in [2.75, 3.05) is 30.8 Å². The normalized spacial score (nSPS) is 12.1. The lowest BCUT2D eigenvalue weighted by molar-refractivity contribution is -0.140. The molecule has 3 aromatic rings. The molecule has 3 aromatic carbocycles. The highest BCUT2D eigenvalue weighted by Crippen LogP contribution is 2.26. The fourth-order valence-corrected chi connectivity index (χ4v) is 5.35. The minimum absolute atomic E-state index is 0.00195. The number of halogens is 2. The minimum atomic E-state index is -3.89. The quantitative estimate of drug-likeness (QED) is 0.284. The van der Waals surface area contributed by atoms with Gasteiger partial charge in [-0.1, -0.05) is 79.5 Å². The molecule has 2 amide bonds. The first-order valence-corrected chi connectivity index (χ1v) is 15.7. The zero-order chi connectivity index (χ0) is 30.2. The van der Waals surface area contributed by atoms with Crippen LogP contribution in [0.5, 0.6) is 5.75 Å². The van der Waals surface area contributed by atoms with Gasteiger partial charge in [0.1, 0.15) is 18.3 Å². The summed E-state index contributed by atoms with van der Waals surface area (Å²) >= 11 is 12.4. The van der Waals surface area contributed by atoms with Gasteiger partial charge >= 0.3 is 0 Å². The van der Waals surface area contributed by atoms with Crippen LogP contribution in [0.25, 0.3) is 0 Å². The number of benzene rings is 3. The Morgan fingerprint density at radius 1 is 0.927 bits per heavy atom. The summed E-state index contributed by atoms with van der Waals surface area (Å²) < 4.78 is 32.1. The summed E-state index contributed by atoms with van der Waals surface area (Å²) in [6, 6.07) is 19.8. The molecule has 1 atom stereocenters. The van der Waals surface area contributed by atoms with Gasteiger partial charge in [0.2, 0.25) is 21.8 Å². The maximum Gasteiger partial charge on any atom is 0.244 e. The molecule has 0 radical (unpaired) electrons. The van der Waals surface area contributed by atoms with E-state index < -0.39 is 28.5 Å². The number of carbonyl (C=O) groups is 2. The number of nitrogens with zero attached hydrogens (tertiary/aromatic N) is 2. The number of ether oxygens (including phenoxy) is 1. The summed E-state index contributed by atoms with van der Waals surface area (Å²) in [5.41, 5.74) is 1.74. The lowest BCUT2D eigenvalue weighted by Gasteiger charge is -2.33. The van der Waals surface area contributed by atoms with Crippen LogP contribution in [0.2, 0.25) is 10.0 Å². The van der Waals surface area contributed by atoms with Gasteiger partial charge in [-0.05, 0) is 41.3 Å². The van der Waals surface area contributed by atoms with E-state index in [1.54, 1.807) is 36.4 Å². The van der Waals surface area contributed by atoms with Gasteiger partial charge in [-0.2, -0.15) is 0 Å². The van der Waals surface area contributed by atoms with Crippen LogP contribution in [0.3, 0.4) is 0 Å². The summed E-state index contributed by atoms with van der Waals surface area (Å²) in [6.07, 6.45) is 1.25. The van der Waals surface area contributed by atoms with Crippen LogP contribution in [-0.4, -0.2) is 57.6 Å². The van der Waals surface area contributed by atoms with Crippen molar-refractivity contribution in [3.63, 3.8) is 0 Å². The summed E-state index contributed by atoms with van der Waals surface area (Å²) in [6.45, 7) is 3.83. The van der Waals surface area contributed by atoms with Crippen molar-refractivity contribution >= 4 is 50.7 Å². The fourth-order valence-electron chi connectivity index (χ4n) is 4.19. The molecule has 8 nitrogen and oxygen atoms in total. The van der Waals surface area contributed by atoms with Crippen molar-refractivity contribution in [2.24, 2.45) is 5.92 Å². The molecule has 0 saturated heterocycles. The predicted molar refractivity (Wildman–Crippen MR) is 164 cm³/mol. The van der Waals surface area contributed by atoms with Crippen molar-refractivity contribution in [1.29, 1.82) is 0 Å². The third-order valence-corrected chi connectivity index (χ3v) is 8.19. The smallest absolute Gasteiger partial charge is 0.244 e. The Morgan fingerprint density at radius 2 is 1.63 bits per heavy atom. The zero-order valence-electron chi connectivity index (χ0n) is 23.5. The Morgan fingerprint density at radius 3 is 2.24 bits per heavy atom. The monoisotopic (exact) mass is 619 g/mol. The molecule has 1 N–H and O–H groups in total. The molecule has 0 heterocycles. The van der Waals surface area contributed by atoms with Gasteiger partial charge in [-0.25, -0.2) is 8.42 Å². The maximum absolute atomic E-state index is 14.1. The van der Waals surface area contributed by atoms with E-state index in [0.717, 1.165) is 16.1 Å². The molecule has 3 rings (SSSR count). The van der Waals surface area contributed by atoms with Crippen LogP contribution in [-0.2, 0) is 32.6 Å². The van der Waals surface area contributed by atoms with Gasteiger partial charge in [0, 0.05) is 25.6 Å². The van der Waals surface area contributed by atoms with Crippen LogP contribution in [0, 0.1) is 5.92 Å². The highest BCUT2D eigenvalue weighted by Gasteiger charge is 2.33. The zero-order valence-corrected chi connectivity index (χ0v) is 25.8. The van der Waals surface area contributed by atoms with Crippen LogP contribution in [0.4, 0.5) is 5.69 Å². The molecular formula is C30H35Cl2N3O5S. The Hall–Kier alpha value is -3.27. The second kappa shape index (κ2) is 14.6. The average molecular weight is 621 g/mol. The first kappa shape index (κ1) is 32.2. The molecule has 0 aromatic heterocycles. The van der Waals surface area contributed by atoms with Gasteiger partial charge in [-0.15, -0.1) is 0 Å². The van der Waals surface area contributed by atoms with Crippen molar-refractivity contribution < 1.29 is 22.7 Å². The van der Waals surface area contributed by atoms with E-state index in [9.17, 15) is 18.0 Å². The molecule has 41 heavy (non-hydrogen) atoms. The van der Waals surface area contributed by atoms with Crippen molar-refractivity contribution in [1.82, 2.24) is 10.2 Å². The van der Waals surface area contributed by atoms with Crippen molar-refractivity contribution in [3.8, 4) is 5.75 Å². The number of nitrogens with one attached hydrogen (secondary N) is 1. The standard InChI is InChI=1S/C30H35Cl2N3O5S/c1-21(2)18-33-30(37)28(16-22-9-6-5-7-10-22)34(19-23-13-14-26(31)27(32)15-23)29(36)20-35(41(4,38)39)24-11-8-12-25(17-24)40-3/h5-15,17,21,28H,16,18-20H2,1-4H3,(H,33,37)/t28-/m1/s1. The molecule has 0 aliphatic heterocycles. The van der Waals surface area contributed by atoms with Crippen LogP contribution in [0.1, 0.15) is 25.0 Å². The summed E-state index contributed by atoms with van der Waals surface area (Å²) in [5, 5.41) is 3.60. The number of hydrogen-bond donors (Lipinski definition) is 1. The summed E-state index contributed by atoms with van der Waals surface area (Å²) in [7, 11) is -2.42. The SMILES string of the molecule is COc1cccc(N(CC(=O)N(Cc2ccc(Cl)c(Cl)c2)[C@H](Cc2ccccc2)C(=O)NCC(C)C)S(C)(=O)=O)c1. The molecular weight excluding hydrogens is 585 g/mol. The number of methoxy groups -OCH3 is 1. The Labute approximate surface area is 252 Å². The molecule has 0 unspecified atom stereocenters. The van der Waals surface area contributed by atoms with E-state index in [1.807, 2.05) is 44.2 Å². The molecule has 0 bridgehead atoms. The van der Waals surface area contributed by atoms with Crippen molar-refractivity contribution in [2.45, 2.75) is 32.9 Å². The maximum atomic E-state index is 14.1. The van der Waals surface area contributed by atoms with E-state index >= 15 is 0 Å². The summed E-state index contributed by atoms with van der Waals surface area (Å²) in [4.78, 5) is 29.2. The van der Waals surface area contributed by atoms with Gasteiger partial charge < -0.3 is 15.0 Å². The first-order valence-electron chi connectivity index (χ1n) is 13.1. The second-order valence-electron chi connectivity index (χ2n) is 10.1. The van der Waals surface area contributed by atoms with Gasteiger partial charge in [-0.3, -0.25) is 13.9 Å². The minimum Gasteiger partial charge on any atom is -0.497 e. The third-order valence-electron chi connectivity index (χ3n) is 6.31. The van der Waals surface area contributed by atoms with E-state index in [0.29, 0.717) is 27.9 Å². The Balaban J connectivity index is 2.07. The molecule has 0 spiro atoms. The molecule has 0 aliphatic carbocycles. The number of sulfonamides is 1. The van der Waals surface area contributed by atoms with E-state index in [-0.39, 0.29) is 30.5 Å². The molecule has 220 valence electrons. The highest BCUT2D eigenvalue weighted by atomic mass is 35.5. The Bertz CT molecular complexity index is 1450.